The summed E-state index contributed by atoms with van der Waals surface area (Å²) in [5.74, 6) is -0.608. The number of benzene rings is 1. The van der Waals surface area contributed by atoms with Crippen molar-refractivity contribution in [3.63, 3.8) is 0 Å². The van der Waals surface area contributed by atoms with Crippen LogP contribution in [0.2, 0.25) is 0 Å². The Morgan fingerprint density at radius 3 is 2.86 bits per heavy atom. The summed E-state index contributed by atoms with van der Waals surface area (Å²) in [4.78, 5) is 37.1. The minimum Gasteiger partial charge on any atom is -0.387 e. The molecule has 3 aromatic rings. The number of nitro benzene ring substituents is 1. The van der Waals surface area contributed by atoms with E-state index < -0.39 is 10.7 Å². The zero-order valence-corrected chi connectivity index (χ0v) is 16.1. The maximum Gasteiger partial charge on any atom is 0.437 e. The molecule has 0 radical (unpaired) electrons. The van der Waals surface area contributed by atoms with Crippen LogP contribution in [0.5, 0.6) is 0 Å². The second kappa shape index (κ2) is 8.17. The first-order valence-corrected chi connectivity index (χ1v) is 9.36. The molecule has 1 aromatic carbocycles. The smallest absolute Gasteiger partial charge is 0.387 e. The van der Waals surface area contributed by atoms with Crippen LogP contribution in [0.4, 0.5) is 5.69 Å². The molecule has 146 valence electrons. The summed E-state index contributed by atoms with van der Waals surface area (Å²) in [5, 5.41) is 16.9. The quantitative estimate of drug-likeness (QED) is 0.443. The number of amides is 1. The van der Waals surface area contributed by atoms with E-state index in [1.165, 1.54) is 28.4 Å². The summed E-state index contributed by atoms with van der Waals surface area (Å²) in [6, 6.07) is 9.43. The molecule has 1 amide bonds. The summed E-state index contributed by atoms with van der Waals surface area (Å²) in [7, 11) is 1.62. The van der Waals surface area contributed by atoms with Gasteiger partial charge in [0, 0.05) is 25.6 Å². The summed E-state index contributed by atoms with van der Waals surface area (Å²) in [5.41, 5.74) is 0.629. The zero-order chi connectivity index (χ0) is 20.3. The van der Waals surface area contributed by atoms with Crippen molar-refractivity contribution < 1.29 is 14.1 Å². The van der Waals surface area contributed by atoms with Gasteiger partial charge >= 0.3 is 5.76 Å². The molecule has 10 heteroatoms. The maximum atomic E-state index is 12.5. The molecule has 0 aliphatic rings. The van der Waals surface area contributed by atoms with Gasteiger partial charge in [0.1, 0.15) is 0 Å². The number of aromatic nitrogens is 2. The van der Waals surface area contributed by atoms with E-state index in [4.69, 9.17) is 4.42 Å². The van der Waals surface area contributed by atoms with Gasteiger partial charge in [-0.2, -0.15) is 4.68 Å². The third kappa shape index (κ3) is 4.17. The molecule has 0 aliphatic carbocycles. The van der Waals surface area contributed by atoms with Crippen LogP contribution in [0, 0.1) is 10.1 Å². The number of nitro groups is 1. The van der Waals surface area contributed by atoms with Crippen LogP contribution in [-0.2, 0) is 11.3 Å². The van der Waals surface area contributed by atoms with E-state index in [9.17, 15) is 19.7 Å². The van der Waals surface area contributed by atoms with Gasteiger partial charge in [0.2, 0.25) is 5.91 Å². The van der Waals surface area contributed by atoms with E-state index in [0.717, 1.165) is 9.56 Å². The number of carbonyl (C=O) groups is 1. The Hall–Kier alpha value is -3.27. The van der Waals surface area contributed by atoms with Crippen LogP contribution in [0.1, 0.15) is 24.9 Å². The van der Waals surface area contributed by atoms with E-state index in [-0.39, 0.29) is 36.5 Å². The summed E-state index contributed by atoms with van der Waals surface area (Å²) >= 11 is 1.40. The molecule has 28 heavy (non-hydrogen) atoms. The average molecular weight is 402 g/mol. The van der Waals surface area contributed by atoms with E-state index in [1.54, 1.807) is 32.2 Å². The number of nitrogens with zero attached hydrogens (tertiary/aromatic N) is 4. The van der Waals surface area contributed by atoms with Gasteiger partial charge in [0.05, 0.1) is 22.4 Å². The van der Waals surface area contributed by atoms with Crippen LogP contribution in [0.15, 0.2) is 51.0 Å². The monoisotopic (exact) mass is 402 g/mol. The topological polar surface area (TPSA) is 111 Å². The van der Waals surface area contributed by atoms with Crippen molar-refractivity contribution in [2.24, 2.45) is 0 Å². The van der Waals surface area contributed by atoms with Gasteiger partial charge in [0.15, 0.2) is 0 Å². The van der Waals surface area contributed by atoms with E-state index in [1.807, 2.05) is 11.4 Å². The highest BCUT2D eigenvalue weighted by Gasteiger charge is 2.20. The number of thiophene rings is 1. The van der Waals surface area contributed by atoms with Crippen molar-refractivity contribution in [1.82, 2.24) is 14.7 Å². The number of hydrogen-bond acceptors (Lipinski definition) is 7. The number of aryl methyl sites for hydroxylation is 1. The Morgan fingerprint density at radius 2 is 2.18 bits per heavy atom. The first kappa shape index (κ1) is 19.5. The predicted molar refractivity (Wildman–Crippen MR) is 103 cm³/mol. The Bertz CT molecular complexity index is 1040. The van der Waals surface area contributed by atoms with Crippen molar-refractivity contribution in [3.05, 3.63) is 68.0 Å². The highest BCUT2D eigenvalue weighted by atomic mass is 32.1. The molecular formula is C18H18N4O5S. The largest absolute Gasteiger partial charge is 0.437 e. The fourth-order valence-corrected chi connectivity index (χ4v) is 3.31. The van der Waals surface area contributed by atoms with Gasteiger partial charge in [-0.05, 0) is 23.9 Å². The number of rotatable bonds is 7. The first-order valence-electron chi connectivity index (χ1n) is 8.48. The van der Waals surface area contributed by atoms with Crippen LogP contribution < -0.4 is 5.76 Å². The Kier molecular flexibility index (Phi) is 5.69. The minimum atomic E-state index is -0.620. The third-order valence-electron chi connectivity index (χ3n) is 4.41. The molecule has 9 nitrogen and oxygen atoms in total. The SMILES string of the molecule is CC(c1cccc([N+](=O)[O-])c1)N(C)C(=O)CCn1nc(-c2cccs2)oc1=O. The number of non-ortho nitro benzene ring substituents is 1. The van der Waals surface area contributed by atoms with Gasteiger partial charge in [-0.1, -0.05) is 18.2 Å². The molecule has 0 saturated heterocycles. The summed E-state index contributed by atoms with van der Waals surface area (Å²) < 4.78 is 6.25. The van der Waals surface area contributed by atoms with E-state index in [0.29, 0.717) is 5.56 Å². The van der Waals surface area contributed by atoms with Crippen molar-refractivity contribution in [2.75, 3.05) is 7.05 Å². The fourth-order valence-electron chi connectivity index (χ4n) is 2.66. The van der Waals surface area contributed by atoms with Crippen molar-refractivity contribution in [2.45, 2.75) is 25.9 Å². The lowest BCUT2D eigenvalue weighted by atomic mass is 10.1. The Morgan fingerprint density at radius 1 is 1.39 bits per heavy atom. The van der Waals surface area contributed by atoms with Crippen molar-refractivity contribution >= 4 is 22.9 Å². The lowest BCUT2D eigenvalue weighted by Gasteiger charge is -2.25. The maximum absolute atomic E-state index is 12.5. The van der Waals surface area contributed by atoms with Crippen LogP contribution in [-0.4, -0.2) is 32.6 Å². The van der Waals surface area contributed by atoms with E-state index in [2.05, 4.69) is 5.10 Å². The lowest BCUT2D eigenvalue weighted by molar-refractivity contribution is -0.384. The van der Waals surface area contributed by atoms with Crippen molar-refractivity contribution in [3.8, 4) is 10.8 Å². The molecule has 0 N–H and O–H groups in total. The molecule has 1 unspecified atom stereocenters. The second-order valence-electron chi connectivity index (χ2n) is 6.16. The van der Waals surface area contributed by atoms with Crippen LogP contribution in [0.3, 0.4) is 0 Å². The van der Waals surface area contributed by atoms with Crippen molar-refractivity contribution in [1.29, 1.82) is 0 Å². The predicted octanol–water partition coefficient (Wildman–Crippen LogP) is 3.08. The van der Waals surface area contributed by atoms with Crippen LogP contribution >= 0.6 is 11.3 Å². The summed E-state index contributed by atoms with van der Waals surface area (Å²) in [6.07, 6.45) is 0.0477. The van der Waals surface area contributed by atoms with Gasteiger partial charge in [-0.3, -0.25) is 14.9 Å². The molecular weight excluding hydrogens is 384 g/mol. The molecule has 0 fully saturated rings. The molecule has 0 aliphatic heterocycles. The summed E-state index contributed by atoms with van der Waals surface area (Å²) in [6.45, 7) is 1.87. The highest BCUT2D eigenvalue weighted by molar-refractivity contribution is 7.13. The fraction of sp³-hybridized carbons (Fsp3) is 0.278. The molecule has 0 spiro atoms. The number of hydrogen-bond donors (Lipinski definition) is 0. The highest BCUT2D eigenvalue weighted by Crippen LogP contribution is 2.24. The standard InChI is InChI=1S/C18H18N4O5S/c1-12(13-5-3-6-14(11-13)22(25)26)20(2)16(23)8-9-21-18(24)27-17(19-21)15-7-4-10-28-15/h3-7,10-12H,8-9H2,1-2H3. The molecule has 3 rings (SSSR count). The van der Waals surface area contributed by atoms with Crippen LogP contribution in [0.25, 0.3) is 10.8 Å². The Balaban J connectivity index is 1.65. The molecule has 2 aromatic heterocycles. The lowest BCUT2D eigenvalue weighted by Crippen LogP contribution is -2.31. The number of carbonyl (C=O) groups excluding carboxylic acids is 1. The van der Waals surface area contributed by atoms with Gasteiger partial charge < -0.3 is 9.32 Å². The first-order chi connectivity index (χ1) is 13.4. The van der Waals surface area contributed by atoms with Gasteiger partial charge in [-0.25, -0.2) is 4.79 Å². The third-order valence-corrected chi connectivity index (χ3v) is 5.27. The van der Waals surface area contributed by atoms with E-state index >= 15 is 0 Å². The minimum absolute atomic E-state index is 0.0274. The second-order valence-corrected chi connectivity index (χ2v) is 7.10. The average Bonchev–Trinajstić information content (AvgIpc) is 3.34. The molecule has 1 atom stereocenters. The van der Waals surface area contributed by atoms with Gasteiger partial charge in [-0.15, -0.1) is 16.4 Å². The molecule has 2 heterocycles. The Labute approximate surface area is 164 Å². The normalized spacial score (nSPS) is 11.9. The molecule has 0 saturated carbocycles. The van der Waals surface area contributed by atoms with Gasteiger partial charge in [0.25, 0.3) is 11.6 Å². The zero-order valence-electron chi connectivity index (χ0n) is 15.3. The molecule has 0 bridgehead atoms.